The van der Waals surface area contributed by atoms with E-state index in [0.29, 0.717) is 12.4 Å². The maximum Gasteiger partial charge on any atom is 0.267 e. The van der Waals surface area contributed by atoms with Crippen LogP contribution in [0.25, 0.3) is 0 Å². The summed E-state index contributed by atoms with van der Waals surface area (Å²) in [4.78, 5) is 14.1. The summed E-state index contributed by atoms with van der Waals surface area (Å²) in [5.41, 5.74) is 1.02. The van der Waals surface area contributed by atoms with E-state index >= 15 is 0 Å². The van der Waals surface area contributed by atoms with Gasteiger partial charge in [-0.25, -0.2) is 4.68 Å². The first-order chi connectivity index (χ1) is 8.10. The van der Waals surface area contributed by atoms with Crippen LogP contribution >= 0.6 is 11.3 Å². The Hall–Kier alpha value is -1.62. The molecule has 0 radical (unpaired) electrons. The molecule has 0 aliphatic rings. The van der Waals surface area contributed by atoms with Crippen LogP contribution in [0.5, 0.6) is 5.88 Å². The number of methoxy groups -OCH3 is 1. The number of rotatable bonds is 3. The molecule has 0 saturated carbocycles. The van der Waals surface area contributed by atoms with Gasteiger partial charge in [-0.05, 0) is 25.5 Å². The molecule has 0 spiro atoms. The molecule has 0 aliphatic carbocycles. The summed E-state index contributed by atoms with van der Waals surface area (Å²) < 4.78 is 6.44. The third-order valence-corrected chi connectivity index (χ3v) is 3.52. The smallest absolute Gasteiger partial charge is 0.267 e. The van der Waals surface area contributed by atoms with Gasteiger partial charge >= 0.3 is 0 Å². The summed E-state index contributed by atoms with van der Waals surface area (Å²) in [6, 6.07) is 5.14. The lowest BCUT2D eigenvalue weighted by atomic mass is 10.2. The molecule has 0 aromatic carbocycles. The first-order valence-corrected chi connectivity index (χ1v) is 6.10. The first-order valence-electron chi connectivity index (χ1n) is 5.28. The molecule has 17 heavy (non-hydrogen) atoms. The number of ether oxygens (including phenoxy) is 1. The van der Waals surface area contributed by atoms with Crippen LogP contribution in [-0.4, -0.2) is 16.9 Å². The van der Waals surface area contributed by atoms with E-state index < -0.39 is 0 Å². The molecule has 0 saturated heterocycles. The minimum atomic E-state index is -0.117. The number of aryl methyl sites for hydroxylation is 2. The zero-order valence-corrected chi connectivity index (χ0v) is 10.9. The Morgan fingerprint density at radius 2 is 2.18 bits per heavy atom. The molecular formula is C12H14N2O2S. The number of aromatic nitrogens is 2. The quantitative estimate of drug-likeness (QED) is 0.836. The Kier molecular flexibility index (Phi) is 3.28. The van der Waals surface area contributed by atoms with Gasteiger partial charge < -0.3 is 4.74 Å². The molecule has 2 aromatic heterocycles. The van der Waals surface area contributed by atoms with Crippen molar-refractivity contribution in [1.82, 2.24) is 9.78 Å². The second kappa shape index (κ2) is 4.71. The third kappa shape index (κ3) is 2.55. The van der Waals surface area contributed by atoms with Crippen LogP contribution in [0.3, 0.4) is 0 Å². The van der Waals surface area contributed by atoms with Crippen LogP contribution < -0.4 is 10.3 Å². The fourth-order valence-corrected chi connectivity index (χ4v) is 2.59. The van der Waals surface area contributed by atoms with E-state index in [1.165, 1.54) is 27.6 Å². The molecule has 0 atom stereocenters. The van der Waals surface area contributed by atoms with Gasteiger partial charge in [-0.15, -0.1) is 16.4 Å². The van der Waals surface area contributed by atoms with E-state index in [1.807, 2.05) is 0 Å². The summed E-state index contributed by atoms with van der Waals surface area (Å²) in [5.74, 6) is 0.453. The van der Waals surface area contributed by atoms with Gasteiger partial charge in [0.2, 0.25) is 5.88 Å². The topological polar surface area (TPSA) is 44.1 Å². The molecule has 90 valence electrons. The fourth-order valence-electron chi connectivity index (χ4n) is 1.65. The van der Waals surface area contributed by atoms with Crippen molar-refractivity contribution in [3.8, 4) is 5.88 Å². The van der Waals surface area contributed by atoms with Gasteiger partial charge in [-0.2, -0.15) is 0 Å². The van der Waals surface area contributed by atoms with Crippen LogP contribution in [-0.2, 0) is 6.54 Å². The van der Waals surface area contributed by atoms with Crippen LogP contribution in [0, 0.1) is 13.8 Å². The van der Waals surface area contributed by atoms with Gasteiger partial charge in [0.15, 0.2) is 0 Å². The van der Waals surface area contributed by atoms with Gasteiger partial charge in [-0.1, -0.05) is 0 Å². The SMILES string of the molecule is COc1ccc(=O)n(Cc2cc(C)sc2C)n1. The second-order valence-electron chi connectivity index (χ2n) is 3.81. The molecule has 0 aliphatic heterocycles. The van der Waals surface area contributed by atoms with E-state index in [4.69, 9.17) is 4.74 Å². The van der Waals surface area contributed by atoms with Crippen molar-refractivity contribution >= 4 is 11.3 Å². The number of hydrogen-bond acceptors (Lipinski definition) is 4. The fraction of sp³-hybridized carbons (Fsp3) is 0.333. The highest BCUT2D eigenvalue weighted by molar-refractivity contribution is 7.12. The van der Waals surface area contributed by atoms with Crippen LogP contribution in [0.4, 0.5) is 0 Å². The molecule has 0 fully saturated rings. The molecule has 0 bridgehead atoms. The van der Waals surface area contributed by atoms with Crippen LogP contribution in [0.15, 0.2) is 23.0 Å². The number of hydrogen-bond donors (Lipinski definition) is 0. The normalized spacial score (nSPS) is 10.5. The van der Waals surface area contributed by atoms with Crippen LogP contribution in [0.2, 0.25) is 0 Å². The van der Waals surface area contributed by atoms with Gasteiger partial charge in [0, 0.05) is 21.9 Å². The molecular weight excluding hydrogens is 236 g/mol. The first kappa shape index (κ1) is 11.9. The largest absolute Gasteiger partial charge is 0.480 e. The molecule has 2 aromatic rings. The summed E-state index contributed by atoms with van der Waals surface area (Å²) in [6.45, 7) is 4.60. The minimum Gasteiger partial charge on any atom is -0.480 e. The number of thiophene rings is 1. The highest BCUT2D eigenvalue weighted by Crippen LogP contribution is 2.20. The Bertz CT molecular complexity index is 586. The average molecular weight is 250 g/mol. The Morgan fingerprint density at radius 3 is 2.76 bits per heavy atom. The van der Waals surface area contributed by atoms with Gasteiger partial charge in [0.25, 0.3) is 5.56 Å². The monoisotopic (exact) mass is 250 g/mol. The molecule has 5 heteroatoms. The van der Waals surface area contributed by atoms with E-state index in [0.717, 1.165) is 5.56 Å². The lowest BCUT2D eigenvalue weighted by molar-refractivity contribution is 0.379. The summed E-state index contributed by atoms with van der Waals surface area (Å²) in [5, 5.41) is 4.12. The highest BCUT2D eigenvalue weighted by Gasteiger charge is 2.06. The second-order valence-corrected chi connectivity index (χ2v) is 5.27. The van der Waals surface area contributed by atoms with Crippen molar-refractivity contribution in [2.24, 2.45) is 0 Å². The van der Waals surface area contributed by atoms with Crippen molar-refractivity contribution < 1.29 is 4.74 Å². The van der Waals surface area contributed by atoms with E-state index in [9.17, 15) is 4.79 Å². The zero-order chi connectivity index (χ0) is 12.4. The lowest BCUT2D eigenvalue weighted by Crippen LogP contribution is -2.22. The molecule has 0 unspecified atom stereocenters. The van der Waals surface area contributed by atoms with Gasteiger partial charge in [0.1, 0.15) is 0 Å². The van der Waals surface area contributed by atoms with Crippen molar-refractivity contribution in [3.63, 3.8) is 0 Å². The van der Waals surface area contributed by atoms with Gasteiger partial charge in [-0.3, -0.25) is 4.79 Å². The Morgan fingerprint density at radius 1 is 1.41 bits per heavy atom. The maximum atomic E-state index is 11.7. The summed E-state index contributed by atoms with van der Waals surface area (Å²) in [7, 11) is 1.54. The molecule has 2 rings (SSSR count). The number of nitrogens with zero attached hydrogens (tertiary/aromatic N) is 2. The summed E-state index contributed by atoms with van der Waals surface area (Å²) in [6.07, 6.45) is 0. The Labute approximate surface area is 103 Å². The predicted molar refractivity (Wildman–Crippen MR) is 67.9 cm³/mol. The van der Waals surface area contributed by atoms with Crippen LogP contribution in [0.1, 0.15) is 15.3 Å². The van der Waals surface area contributed by atoms with Crippen molar-refractivity contribution in [3.05, 3.63) is 43.9 Å². The lowest BCUT2D eigenvalue weighted by Gasteiger charge is -2.05. The van der Waals surface area contributed by atoms with Crippen molar-refractivity contribution in [2.45, 2.75) is 20.4 Å². The highest BCUT2D eigenvalue weighted by atomic mass is 32.1. The van der Waals surface area contributed by atoms with Crippen molar-refractivity contribution in [1.29, 1.82) is 0 Å². The third-order valence-electron chi connectivity index (χ3n) is 2.52. The minimum absolute atomic E-state index is 0.117. The van der Waals surface area contributed by atoms with E-state index in [1.54, 1.807) is 17.4 Å². The van der Waals surface area contributed by atoms with Gasteiger partial charge in [0.05, 0.1) is 13.7 Å². The molecule has 0 N–H and O–H groups in total. The Balaban J connectivity index is 2.35. The molecule has 0 amide bonds. The molecule has 4 nitrogen and oxygen atoms in total. The van der Waals surface area contributed by atoms with E-state index in [-0.39, 0.29) is 5.56 Å². The molecule has 2 heterocycles. The zero-order valence-electron chi connectivity index (χ0n) is 10.1. The van der Waals surface area contributed by atoms with Crippen molar-refractivity contribution in [2.75, 3.05) is 7.11 Å². The summed E-state index contributed by atoms with van der Waals surface area (Å²) >= 11 is 1.73. The predicted octanol–water partition coefficient (Wildman–Crippen LogP) is 1.98. The standard InChI is InChI=1S/C12H14N2O2S/c1-8-6-10(9(2)17-8)7-14-12(15)5-4-11(13-14)16-3/h4-6H,7H2,1-3H3. The maximum absolute atomic E-state index is 11.7. The van der Waals surface area contributed by atoms with E-state index in [2.05, 4.69) is 25.0 Å². The average Bonchev–Trinajstić information content (AvgIpc) is 2.60.